The SMILES string of the molecule is CC(C)CN1CC(C(=O)N2CCC(CO)(Cc3ccccc3)CC2)CC1=O. The van der Waals surface area contributed by atoms with Gasteiger partial charge in [0.25, 0.3) is 0 Å². The van der Waals surface area contributed by atoms with Gasteiger partial charge in [-0.25, -0.2) is 0 Å². The molecular formula is C22H32N2O3. The van der Waals surface area contributed by atoms with Gasteiger partial charge in [0.1, 0.15) is 0 Å². The maximum Gasteiger partial charge on any atom is 0.227 e. The molecule has 0 aliphatic carbocycles. The second-order valence-corrected chi connectivity index (χ2v) is 8.74. The minimum absolute atomic E-state index is 0.104. The van der Waals surface area contributed by atoms with Crippen LogP contribution in [0.4, 0.5) is 0 Å². The highest BCUT2D eigenvalue weighted by Crippen LogP contribution is 2.35. The first-order chi connectivity index (χ1) is 12.9. The summed E-state index contributed by atoms with van der Waals surface area (Å²) in [5, 5.41) is 10.0. The molecule has 2 amide bonds. The van der Waals surface area contributed by atoms with E-state index in [1.165, 1.54) is 5.56 Å². The number of hydrogen-bond acceptors (Lipinski definition) is 3. The lowest BCUT2D eigenvalue weighted by atomic mass is 9.74. The third-order valence-corrected chi connectivity index (χ3v) is 6.04. The predicted octanol–water partition coefficient (Wildman–Crippen LogP) is 2.33. The fourth-order valence-corrected chi connectivity index (χ4v) is 4.43. The molecule has 0 saturated carbocycles. The molecule has 27 heavy (non-hydrogen) atoms. The van der Waals surface area contributed by atoms with Gasteiger partial charge in [0.2, 0.25) is 11.8 Å². The van der Waals surface area contributed by atoms with E-state index < -0.39 is 0 Å². The van der Waals surface area contributed by atoms with Crippen molar-refractivity contribution < 1.29 is 14.7 Å². The van der Waals surface area contributed by atoms with E-state index in [4.69, 9.17) is 0 Å². The smallest absolute Gasteiger partial charge is 0.227 e. The van der Waals surface area contributed by atoms with Crippen LogP contribution < -0.4 is 0 Å². The first-order valence-corrected chi connectivity index (χ1v) is 10.1. The second-order valence-electron chi connectivity index (χ2n) is 8.74. The largest absolute Gasteiger partial charge is 0.396 e. The zero-order valence-corrected chi connectivity index (χ0v) is 16.6. The van der Waals surface area contributed by atoms with Crippen LogP contribution in [-0.4, -0.2) is 59.5 Å². The average Bonchev–Trinajstić information content (AvgIpc) is 3.02. The number of carbonyl (C=O) groups is 2. The maximum atomic E-state index is 12.9. The fourth-order valence-electron chi connectivity index (χ4n) is 4.43. The summed E-state index contributed by atoms with van der Waals surface area (Å²) in [7, 11) is 0. The number of aliphatic hydroxyl groups excluding tert-OH is 1. The maximum absolute atomic E-state index is 12.9. The van der Waals surface area contributed by atoms with E-state index in [1.54, 1.807) is 0 Å². The average molecular weight is 373 g/mol. The van der Waals surface area contributed by atoms with Crippen molar-refractivity contribution in [2.45, 2.75) is 39.5 Å². The number of aliphatic hydroxyl groups is 1. The van der Waals surface area contributed by atoms with E-state index in [0.717, 1.165) is 25.8 Å². The molecule has 2 aliphatic rings. The van der Waals surface area contributed by atoms with Crippen molar-refractivity contribution >= 4 is 11.8 Å². The quantitative estimate of drug-likeness (QED) is 0.834. The Balaban J connectivity index is 1.56. The van der Waals surface area contributed by atoms with Crippen LogP contribution in [0.5, 0.6) is 0 Å². The van der Waals surface area contributed by atoms with Crippen molar-refractivity contribution in [2.24, 2.45) is 17.3 Å². The molecular weight excluding hydrogens is 340 g/mol. The van der Waals surface area contributed by atoms with Crippen molar-refractivity contribution in [2.75, 3.05) is 32.8 Å². The molecule has 0 aromatic heterocycles. The molecule has 1 aromatic rings. The lowest BCUT2D eigenvalue weighted by Gasteiger charge is -2.41. The number of rotatable bonds is 6. The number of amides is 2. The summed E-state index contributed by atoms with van der Waals surface area (Å²) in [6.07, 6.45) is 2.80. The van der Waals surface area contributed by atoms with Crippen LogP contribution in [0, 0.1) is 17.3 Å². The third kappa shape index (κ3) is 4.70. The molecule has 2 saturated heterocycles. The molecule has 5 heteroatoms. The molecule has 1 aromatic carbocycles. The minimum atomic E-state index is -0.202. The van der Waals surface area contributed by atoms with Gasteiger partial charge >= 0.3 is 0 Å². The van der Waals surface area contributed by atoms with Gasteiger partial charge in [-0.15, -0.1) is 0 Å². The molecule has 3 rings (SSSR count). The molecule has 2 aliphatic heterocycles. The van der Waals surface area contributed by atoms with Crippen molar-refractivity contribution in [1.29, 1.82) is 0 Å². The molecule has 5 nitrogen and oxygen atoms in total. The van der Waals surface area contributed by atoms with Crippen LogP contribution in [0.1, 0.15) is 38.7 Å². The van der Waals surface area contributed by atoms with Crippen molar-refractivity contribution in [3.8, 4) is 0 Å². The van der Waals surface area contributed by atoms with Crippen LogP contribution >= 0.6 is 0 Å². The van der Waals surface area contributed by atoms with E-state index >= 15 is 0 Å². The van der Waals surface area contributed by atoms with Crippen molar-refractivity contribution in [3.05, 3.63) is 35.9 Å². The number of carbonyl (C=O) groups excluding carboxylic acids is 2. The second kappa shape index (κ2) is 8.42. The topological polar surface area (TPSA) is 60.9 Å². The Labute approximate surface area is 162 Å². The van der Waals surface area contributed by atoms with Gasteiger partial charge in [-0.3, -0.25) is 9.59 Å². The van der Waals surface area contributed by atoms with Crippen LogP contribution in [-0.2, 0) is 16.0 Å². The highest BCUT2D eigenvalue weighted by molar-refractivity contribution is 5.89. The van der Waals surface area contributed by atoms with Gasteiger partial charge in [0, 0.05) is 44.6 Å². The van der Waals surface area contributed by atoms with Gasteiger partial charge in [-0.05, 0) is 30.7 Å². The van der Waals surface area contributed by atoms with Gasteiger partial charge < -0.3 is 14.9 Å². The number of piperidine rings is 1. The Hall–Kier alpha value is -1.88. The molecule has 1 N–H and O–H groups in total. The minimum Gasteiger partial charge on any atom is -0.396 e. The van der Waals surface area contributed by atoms with Gasteiger partial charge in [-0.1, -0.05) is 44.2 Å². The Morgan fingerprint density at radius 3 is 2.48 bits per heavy atom. The number of benzene rings is 1. The molecule has 1 atom stereocenters. The normalized spacial score (nSPS) is 22.5. The molecule has 0 spiro atoms. The summed E-state index contributed by atoms with van der Waals surface area (Å²) in [5.74, 6) is 0.432. The zero-order chi connectivity index (χ0) is 19.4. The summed E-state index contributed by atoms with van der Waals surface area (Å²) < 4.78 is 0. The van der Waals surface area contributed by atoms with Gasteiger partial charge in [0.15, 0.2) is 0 Å². The predicted molar refractivity (Wildman–Crippen MR) is 105 cm³/mol. The molecule has 2 heterocycles. The number of hydrogen-bond donors (Lipinski definition) is 1. The number of likely N-dealkylation sites (tertiary alicyclic amines) is 2. The van der Waals surface area contributed by atoms with Crippen molar-refractivity contribution in [1.82, 2.24) is 9.80 Å². The summed E-state index contributed by atoms with van der Waals surface area (Å²) in [6.45, 7) is 6.95. The summed E-state index contributed by atoms with van der Waals surface area (Å²) >= 11 is 0. The third-order valence-electron chi connectivity index (χ3n) is 6.04. The Morgan fingerprint density at radius 1 is 1.22 bits per heavy atom. The highest BCUT2D eigenvalue weighted by Gasteiger charge is 2.40. The first kappa shape index (κ1) is 19.9. The monoisotopic (exact) mass is 372 g/mol. The van der Waals surface area contributed by atoms with Crippen LogP contribution in [0.3, 0.4) is 0 Å². The van der Waals surface area contributed by atoms with E-state index in [9.17, 15) is 14.7 Å². The van der Waals surface area contributed by atoms with Gasteiger partial charge in [0.05, 0.1) is 5.92 Å². The fraction of sp³-hybridized carbons (Fsp3) is 0.636. The molecule has 2 fully saturated rings. The summed E-state index contributed by atoms with van der Waals surface area (Å²) in [6, 6.07) is 10.3. The summed E-state index contributed by atoms with van der Waals surface area (Å²) in [5.41, 5.74) is 1.09. The van der Waals surface area contributed by atoms with Crippen LogP contribution in [0.25, 0.3) is 0 Å². The molecule has 0 radical (unpaired) electrons. The number of nitrogens with zero attached hydrogens (tertiary/aromatic N) is 2. The molecule has 148 valence electrons. The standard InChI is InChI=1S/C22H32N2O3/c1-17(2)14-24-15-19(12-20(24)26)21(27)23-10-8-22(16-25,9-11-23)13-18-6-4-3-5-7-18/h3-7,17,19,25H,8-16H2,1-2H3. The van der Waals surface area contributed by atoms with Crippen molar-refractivity contribution in [3.63, 3.8) is 0 Å². The Morgan fingerprint density at radius 2 is 1.89 bits per heavy atom. The lowest BCUT2D eigenvalue weighted by molar-refractivity contribution is -0.138. The van der Waals surface area contributed by atoms with Crippen LogP contribution in [0.15, 0.2) is 30.3 Å². The Bertz CT molecular complexity index is 651. The van der Waals surface area contributed by atoms with E-state index in [-0.39, 0.29) is 29.8 Å². The van der Waals surface area contributed by atoms with Crippen LogP contribution in [0.2, 0.25) is 0 Å². The zero-order valence-electron chi connectivity index (χ0n) is 16.6. The lowest BCUT2D eigenvalue weighted by Crippen LogP contribution is -2.47. The molecule has 1 unspecified atom stereocenters. The van der Waals surface area contributed by atoms with Gasteiger partial charge in [-0.2, -0.15) is 0 Å². The molecule has 0 bridgehead atoms. The van der Waals surface area contributed by atoms with E-state index in [1.807, 2.05) is 28.0 Å². The van der Waals surface area contributed by atoms with E-state index in [2.05, 4.69) is 26.0 Å². The highest BCUT2D eigenvalue weighted by atomic mass is 16.3. The first-order valence-electron chi connectivity index (χ1n) is 10.1. The summed E-state index contributed by atoms with van der Waals surface area (Å²) in [4.78, 5) is 28.9. The Kier molecular flexibility index (Phi) is 6.20. The van der Waals surface area contributed by atoms with E-state index in [0.29, 0.717) is 32.0 Å².